The number of morpholine rings is 1. The molecule has 1 saturated heterocycles. The van der Waals surface area contributed by atoms with E-state index in [2.05, 4.69) is 4.90 Å². The zero-order chi connectivity index (χ0) is 10.9. The van der Waals surface area contributed by atoms with Crippen molar-refractivity contribution in [2.75, 3.05) is 66.8 Å². The van der Waals surface area contributed by atoms with E-state index in [4.69, 9.17) is 14.3 Å². The quantitative estimate of drug-likeness (QED) is 0.554. The molecule has 5 heteroatoms. The van der Waals surface area contributed by atoms with Crippen LogP contribution in [0.3, 0.4) is 0 Å². The summed E-state index contributed by atoms with van der Waals surface area (Å²) in [6.45, 7) is 7.23. The summed E-state index contributed by atoms with van der Waals surface area (Å²) in [5.41, 5.74) is 0. The maximum atomic E-state index is 5.29. The van der Waals surface area contributed by atoms with E-state index in [9.17, 15) is 0 Å². The van der Waals surface area contributed by atoms with Gasteiger partial charge in [-0.25, -0.2) is 0 Å². The average molecular weight is 218 g/mol. The van der Waals surface area contributed by atoms with E-state index in [1.165, 1.54) is 0 Å². The van der Waals surface area contributed by atoms with Gasteiger partial charge in [0, 0.05) is 39.8 Å². The van der Waals surface area contributed by atoms with Crippen molar-refractivity contribution in [2.45, 2.75) is 0 Å². The second-order valence-corrected chi connectivity index (χ2v) is 3.56. The van der Waals surface area contributed by atoms with E-state index in [1.54, 1.807) is 14.2 Å². The van der Waals surface area contributed by atoms with E-state index in [0.717, 1.165) is 45.9 Å². The van der Waals surface area contributed by atoms with Crippen LogP contribution in [0.5, 0.6) is 0 Å². The minimum atomic E-state index is 0.705. The van der Waals surface area contributed by atoms with Gasteiger partial charge in [-0.2, -0.15) is 5.06 Å². The molecule has 0 bridgehead atoms. The molecule has 0 saturated carbocycles. The molecule has 0 atom stereocenters. The highest BCUT2D eigenvalue weighted by Crippen LogP contribution is 1.97. The third-order valence-electron chi connectivity index (χ3n) is 2.57. The summed E-state index contributed by atoms with van der Waals surface area (Å²) in [5.74, 6) is 0. The summed E-state index contributed by atoms with van der Waals surface area (Å²) in [6.07, 6.45) is 0. The van der Waals surface area contributed by atoms with Crippen LogP contribution in [0.25, 0.3) is 0 Å². The molecule has 0 N–H and O–H groups in total. The van der Waals surface area contributed by atoms with Crippen LogP contribution in [0.2, 0.25) is 0 Å². The van der Waals surface area contributed by atoms with Crippen molar-refractivity contribution < 1.29 is 14.3 Å². The van der Waals surface area contributed by atoms with Gasteiger partial charge in [-0.3, -0.25) is 4.90 Å². The van der Waals surface area contributed by atoms with Crippen LogP contribution in [0.1, 0.15) is 0 Å². The van der Waals surface area contributed by atoms with Gasteiger partial charge in [0.1, 0.15) is 0 Å². The van der Waals surface area contributed by atoms with Crippen LogP contribution >= 0.6 is 0 Å². The molecule has 0 unspecified atom stereocenters. The summed E-state index contributed by atoms with van der Waals surface area (Å²) >= 11 is 0. The van der Waals surface area contributed by atoms with Gasteiger partial charge < -0.3 is 14.3 Å². The lowest BCUT2D eigenvalue weighted by Gasteiger charge is -2.28. The first-order valence-corrected chi connectivity index (χ1v) is 5.45. The van der Waals surface area contributed by atoms with Gasteiger partial charge in [-0.1, -0.05) is 0 Å². The SMILES string of the molecule is COCCN(CCN1CCOCC1)OC. The predicted octanol–water partition coefficient (Wildman–Crippen LogP) is -0.172. The van der Waals surface area contributed by atoms with Gasteiger partial charge in [0.05, 0.1) is 26.9 Å². The number of rotatable bonds is 7. The zero-order valence-corrected chi connectivity index (χ0v) is 9.78. The van der Waals surface area contributed by atoms with Gasteiger partial charge >= 0.3 is 0 Å². The molecule has 1 heterocycles. The van der Waals surface area contributed by atoms with E-state index in [1.807, 2.05) is 5.06 Å². The van der Waals surface area contributed by atoms with Crippen LogP contribution in [0.4, 0.5) is 0 Å². The molecule has 0 aromatic heterocycles. The lowest BCUT2D eigenvalue weighted by Crippen LogP contribution is -2.41. The fourth-order valence-corrected chi connectivity index (χ4v) is 1.57. The lowest BCUT2D eigenvalue weighted by atomic mass is 10.4. The molecule has 1 aliphatic rings. The molecule has 90 valence electrons. The molecule has 0 amide bonds. The molecule has 1 fully saturated rings. The van der Waals surface area contributed by atoms with E-state index >= 15 is 0 Å². The Bertz CT molecular complexity index is 152. The van der Waals surface area contributed by atoms with Gasteiger partial charge in [0.15, 0.2) is 0 Å². The minimum absolute atomic E-state index is 0.705. The lowest BCUT2D eigenvalue weighted by molar-refractivity contribution is -0.142. The van der Waals surface area contributed by atoms with E-state index in [0.29, 0.717) is 6.61 Å². The molecule has 0 radical (unpaired) electrons. The second kappa shape index (κ2) is 8.01. The molecule has 1 aliphatic heterocycles. The smallest absolute Gasteiger partial charge is 0.0613 e. The van der Waals surface area contributed by atoms with Crippen molar-refractivity contribution in [2.24, 2.45) is 0 Å². The van der Waals surface area contributed by atoms with Crippen molar-refractivity contribution >= 4 is 0 Å². The Hall–Kier alpha value is -0.200. The summed E-state index contributed by atoms with van der Waals surface area (Å²) in [7, 11) is 3.41. The monoisotopic (exact) mass is 218 g/mol. The van der Waals surface area contributed by atoms with Crippen LogP contribution in [0.15, 0.2) is 0 Å². The van der Waals surface area contributed by atoms with Crippen LogP contribution in [-0.2, 0) is 14.3 Å². The Morgan fingerprint density at radius 1 is 1.20 bits per heavy atom. The maximum absolute atomic E-state index is 5.29. The minimum Gasteiger partial charge on any atom is -0.383 e. The molecule has 0 aliphatic carbocycles. The number of hydrogen-bond donors (Lipinski definition) is 0. The second-order valence-electron chi connectivity index (χ2n) is 3.56. The van der Waals surface area contributed by atoms with Crippen LogP contribution in [0, 0.1) is 0 Å². The number of nitrogens with zero attached hydrogens (tertiary/aromatic N) is 2. The Balaban J connectivity index is 2.09. The molecule has 0 spiro atoms. The van der Waals surface area contributed by atoms with Crippen molar-refractivity contribution in [1.82, 2.24) is 9.96 Å². The molecule has 15 heavy (non-hydrogen) atoms. The predicted molar refractivity (Wildman–Crippen MR) is 57.7 cm³/mol. The number of hydroxylamine groups is 2. The van der Waals surface area contributed by atoms with Crippen LogP contribution < -0.4 is 0 Å². The van der Waals surface area contributed by atoms with Crippen molar-refractivity contribution in [1.29, 1.82) is 0 Å². The summed E-state index contributed by atoms with van der Waals surface area (Å²) in [4.78, 5) is 7.63. The highest BCUT2D eigenvalue weighted by molar-refractivity contribution is 4.62. The first-order chi connectivity index (χ1) is 7.36. The van der Waals surface area contributed by atoms with Gasteiger partial charge in [-0.05, 0) is 0 Å². The molecule has 5 nitrogen and oxygen atoms in total. The number of methoxy groups -OCH3 is 1. The highest BCUT2D eigenvalue weighted by atomic mass is 16.7. The maximum Gasteiger partial charge on any atom is 0.0613 e. The Morgan fingerprint density at radius 2 is 1.93 bits per heavy atom. The normalized spacial score (nSPS) is 18.6. The highest BCUT2D eigenvalue weighted by Gasteiger charge is 2.11. The summed E-state index contributed by atoms with van der Waals surface area (Å²) in [5, 5.41) is 1.93. The standard InChI is InChI=1S/C10H22N2O3/c1-13-8-7-12(14-2)4-3-11-5-9-15-10-6-11/h3-10H2,1-2H3. The Kier molecular flexibility index (Phi) is 6.87. The third kappa shape index (κ3) is 5.44. The first-order valence-electron chi connectivity index (χ1n) is 5.45. The van der Waals surface area contributed by atoms with Crippen molar-refractivity contribution in [3.8, 4) is 0 Å². The van der Waals surface area contributed by atoms with Gasteiger partial charge in [0.2, 0.25) is 0 Å². The average Bonchev–Trinajstić information content (AvgIpc) is 2.31. The number of hydrogen-bond acceptors (Lipinski definition) is 5. The fourth-order valence-electron chi connectivity index (χ4n) is 1.57. The molecular formula is C10H22N2O3. The van der Waals surface area contributed by atoms with E-state index in [-0.39, 0.29) is 0 Å². The van der Waals surface area contributed by atoms with Crippen molar-refractivity contribution in [3.63, 3.8) is 0 Å². The van der Waals surface area contributed by atoms with Crippen molar-refractivity contribution in [3.05, 3.63) is 0 Å². The molecular weight excluding hydrogens is 196 g/mol. The molecule has 0 aromatic carbocycles. The zero-order valence-electron chi connectivity index (χ0n) is 9.78. The largest absolute Gasteiger partial charge is 0.383 e. The topological polar surface area (TPSA) is 34.2 Å². The van der Waals surface area contributed by atoms with Gasteiger partial charge in [-0.15, -0.1) is 0 Å². The summed E-state index contributed by atoms with van der Waals surface area (Å²) < 4.78 is 10.3. The van der Waals surface area contributed by atoms with Gasteiger partial charge in [0.25, 0.3) is 0 Å². The summed E-state index contributed by atoms with van der Waals surface area (Å²) in [6, 6.07) is 0. The van der Waals surface area contributed by atoms with Crippen LogP contribution in [-0.4, -0.2) is 76.7 Å². The number of ether oxygens (including phenoxy) is 2. The van der Waals surface area contributed by atoms with E-state index < -0.39 is 0 Å². The Morgan fingerprint density at radius 3 is 2.53 bits per heavy atom. The fraction of sp³-hybridized carbons (Fsp3) is 1.00. The molecule has 1 rings (SSSR count). The molecule has 0 aromatic rings. The Labute approximate surface area is 91.8 Å². The third-order valence-corrected chi connectivity index (χ3v) is 2.57. The first kappa shape index (κ1) is 12.9.